The quantitative estimate of drug-likeness (QED) is 0.605. The number of ether oxygens (including phenoxy) is 1. The lowest BCUT2D eigenvalue weighted by Gasteiger charge is -2.16. The first-order valence-corrected chi connectivity index (χ1v) is 6.72. The summed E-state index contributed by atoms with van der Waals surface area (Å²) in [5.74, 6) is -0.283. The second-order valence-electron chi connectivity index (χ2n) is 4.23. The molecule has 0 N–H and O–H groups in total. The van der Waals surface area contributed by atoms with Gasteiger partial charge >= 0.3 is 5.97 Å². The van der Waals surface area contributed by atoms with Crippen LogP contribution in [0.3, 0.4) is 0 Å². The van der Waals surface area contributed by atoms with E-state index in [4.69, 9.17) is 4.74 Å². The molecule has 1 aromatic rings. The maximum Gasteiger partial charge on any atom is 0.340 e. The van der Waals surface area contributed by atoms with Crippen molar-refractivity contribution in [3.63, 3.8) is 0 Å². The zero-order valence-corrected chi connectivity index (χ0v) is 12.4. The van der Waals surface area contributed by atoms with Crippen LogP contribution in [0.2, 0.25) is 0 Å². The third-order valence-corrected chi connectivity index (χ3v) is 3.03. The normalized spacial score (nSPS) is 11.0. The van der Waals surface area contributed by atoms with Gasteiger partial charge in [0.05, 0.1) is 17.9 Å². The standard InChI is InChI=1S/C15H22N2O2/c1-6-11-12(9-16-5)10(4)17-13(7-2)14(11)15(18)19-8-3/h9H,6-8H2,1-5H3. The number of esters is 1. The summed E-state index contributed by atoms with van der Waals surface area (Å²) in [4.78, 5) is 20.8. The second kappa shape index (κ2) is 7.02. The van der Waals surface area contributed by atoms with Crippen LogP contribution in [-0.2, 0) is 17.6 Å². The van der Waals surface area contributed by atoms with E-state index in [9.17, 15) is 4.79 Å². The number of hydrogen-bond donors (Lipinski definition) is 0. The molecule has 0 amide bonds. The molecule has 0 fully saturated rings. The van der Waals surface area contributed by atoms with Crippen molar-refractivity contribution in [1.29, 1.82) is 0 Å². The Morgan fingerprint density at radius 3 is 2.47 bits per heavy atom. The first kappa shape index (κ1) is 15.3. The summed E-state index contributed by atoms with van der Waals surface area (Å²) in [6.07, 6.45) is 3.24. The number of carbonyl (C=O) groups excluding carboxylic acids is 1. The van der Waals surface area contributed by atoms with Gasteiger partial charge in [-0.3, -0.25) is 9.98 Å². The molecule has 1 rings (SSSR count). The van der Waals surface area contributed by atoms with Crippen LogP contribution >= 0.6 is 0 Å². The minimum atomic E-state index is -0.283. The van der Waals surface area contributed by atoms with E-state index in [-0.39, 0.29) is 5.97 Å². The molecule has 19 heavy (non-hydrogen) atoms. The van der Waals surface area contributed by atoms with Crippen LogP contribution in [0.1, 0.15) is 53.6 Å². The Kier molecular flexibility index (Phi) is 5.67. The predicted molar refractivity (Wildman–Crippen MR) is 77.2 cm³/mol. The lowest BCUT2D eigenvalue weighted by Crippen LogP contribution is -2.16. The third-order valence-electron chi connectivity index (χ3n) is 3.03. The molecule has 0 aliphatic rings. The fourth-order valence-electron chi connectivity index (χ4n) is 2.21. The van der Waals surface area contributed by atoms with Crippen LogP contribution in [0.15, 0.2) is 4.99 Å². The van der Waals surface area contributed by atoms with E-state index in [1.54, 1.807) is 13.3 Å². The number of aromatic nitrogens is 1. The van der Waals surface area contributed by atoms with Gasteiger partial charge in [-0.25, -0.2) is 4.79 Å². The molecule has 0 unspecified atom stereocenters. The van der Waals surface area contributed by atoms with Crippen molar-refractivity contribution < 1.29 is 9.53 Å². The number of aliphatic imine (C=N–C) groups is 1. The molecule has 0 aromatic carbocycles. The molecule has 0 atom stereocenters. The van der Waals surface area contributed by atoms with Crippen molar-refractivity contribution in [2.75, 3.05) is 13.7 Å². The zero-order valence-electron chi connectivity index (χ0n) is 12.4. The fraction of sp³-hybridized carbons (Fsp3) is 0.533. The number of aryl methyl sites for hydroxylation is 2. The first-order chi connectivity index (χ1) is 9.10. The third kappa shape index (κ3) is 3.19. The summed E-state index contributed by atoms with van der Waals surface area (Å²) < 4.78 is 5.16. The van der Waals surface area contributed by atoms with Gasteiger partial charge in [0.2, 0.25) is 0 Å². The molecule has 0 aliphatic carbocycles. The number of carbonyl (C=O) groups is 1. The minimum absolute atomic E-state index is 0.283. The molecule has 0 bridgehead atoms. The average molecular weight is 262 g/mol. The molecule has 0 radical (unpaired) electrons. The predicted octanol–water partition coefficient (Wildman–Crippen LogP) is 2.74. The summed E-state index contributed by atoms with van der Waals surface area (Å²) in [5.41, 5.74) is 4.25. The van der Waals surface area contributed by atoms with Crippen molar-refractivity contribution in [1.82, 2.24) is 4.98 Å². The van der Waals surface area contributed by atoms with Gasteiger partial charge in [0, 0.05) is 24.5 Å². The molecular weight excluding hydrogens is 240 g/mol. The van der Waals surface area contributed by atoms with Gasteiger partial charge in [-0.2, -0.15) is 0 Å². The van der Waals surface area contributed by atoms with Gasteiger partial charge < -0.3 is 4.74 Å². The lowest BCUT2D eigenvalue weighted by atomic mass is 9.96. The van der Waals surface area contributed by atoms with Crippen LogP contribution in [-0.4, -0.2) is 30.8 Å². The molecule has 4 heteroatoms. The van der Waals surface area contributed by atoms with Gasteiger partial charge in [0.15, 0.2) is 0 Å². The highest BCUT2D eigenvalue weighted by atomic mass is 16.5. The Balaban J connectivity index is 3.55. The zero-order chi connectivity index (χ0) is 14.4. The summed E-state index contributed by atoms with van der Waals surface area (Å²) in [7, 11) is 1.72. The smallest absolute Gasteiger partial charge is 0.340 e. The van der Waals surface area contributed by atoms with Gasteiger partial charge in [-0.05, 0) is 32.3 Å². The van der Waals surface area contributed by atoms with Gasteiger partial charge in [0.25, 0.3) is 0 Å². The van der Waals surface area contributed by atoms with E-state index in [1.807, 2.05) is 27.7 Å². The van der Waals surface area contributed by atoms with E-state index in [0.717, 1.165) is 28.9 Å². The molecule has 0 aliphatic heterocycles. The number of rotatable bonds is 5. The van der Waals surface area contributed by atoms with E-state index >= 15 is 0 Å². The SMILES string of the molecule is CCOC(=O)c1c(CC)nc(C)c(C=NC)c1CC. The van der Waals surface area contributed by atoms with Gasteiger partial charge in [-0.15, -0.1) is 0 Å². The van der Waals surface area contributed by atoms with E-state index in [1.165, 1.54) is 0 Å². The number of nitrogens with zero attached hydrogens (tertiary/aromatic N) is 2. The topological polar surface area (TPSA) is 51.5 Å². The van der Waals surface area contributed by atoms with Crippen LogP contribution in [0.25, 0.3) is 0 Å². The second-order valence-corrected chi connectivity index (χ2v) is 4.23. The van der Waals surface area contributed by atoms with Crippen LogP contribution in [0.4, 0.5) is 0 Å². The van der Waals surface area contributed by atoms with E-state index in [0.29, 0.717) is 18.6 Å². The Morgan fingerprint density at radius 2 is 2.00 bits per heavy atom. The highest BCUT2D eigenvalue weighted by molar-refractivity contribution is 5.96. The lowest BCUT2D eigenvalue weighted by molar-refractivity contribution is 0.0523. The maximum absolute atomic E-state index is 12.2. The summed E-state index contributed by atoms with van der Waals surface area (Å²) in [6.45, 7) is 8.16. The highest BCUT2D eigenvalue weighted by Crippen LogP contribution is 2.22. The summed E-state index contributed by atoms with van der Waals surface area (Å²) in [6, 6.07) is 0. The average Bonchev–Trinajstić information content (AvgIpc) is 2.40. The largest absolute Gasteiger partial charge is 0.462 e. The molecule has 104 valence electrons. The summed E-state index contributed by atoms with van der Waals surface area (Å²) >= 11 is 0. The van der Waals surface area contributed by atoms with E-state index in [2.05, 4.69) is 9.98 Å². The molecule has 0 saturated heterocycles. The van der Waals surface area contributed by atoms with Crippen molar-refractivity contribution in [3.8, 4) is 0 Å². The van der Waals surface area contributed by atoms with E-state index < -0.39 is 0 Å². The van der Waals surface area contributed by atoms with Crippen molar-refractivity contribution >= 4 is 12.2 Å². The number of hydrogen-bond acceptors (Lipinski definition) is 4. The Hall–Kier alpha value is -1.71. The maximum atomic E-state index is 12.2. The molecule has 0 spiro atoms. The van der Waals surface area contributed by atoms with Crippen LogP contribution in [0, 0.1) is 6.92 Å². The highest BCUT2D eigenvalue weighted by Gasteiger charge is 2.21. The molecule has 1 aromatic heterocycles. The van der Waals surface area contributed by atoms with Crippen LogP contribution < -0.4 is 0 Å². The Labute approximate surface area is 114 Å². The molecular formula is C15H22N2O2. The Bertz CT molecular complexity index is 493. The van der Waals surface area contributed by atoms with Gasteiger partial charge in [0.1, 0.15) is 0 Å². The van der Waals surface area contributed by atoms with Crippen molar-refractivity contribution in [2.24, 2.45) is 4.99 Å². The molecule has 0 saturated carbocycles. The fourth-order valence-corrected chi connectivity index (χ4v) is 2.21. The number of pyridine rings is 1. The van der Waals surface area contributed by atoms with Crippen molar-refractivity contribution in [2.45, 2.75) is 40.5 Å². The van der Waals surface area contributed by atoms with Crippen molar-refractivity contribution in [3.05, 3.63) is 28.1 Å². The monoisotopic (exact) mass is 262 g/mol. The van der Waals surface area contributed by atoms with Crippen LogP contribution in [0.5, 0.6) is 0 Å². The summed E-state index contributed by atoms with van der Waals surface area (Å²) in [5, 5.41) is 0. The minimum Gasteiger partial charge on any atom is -0.462 e. The Morgan fingerprint density at radius 1 is 1.32 bits per heavy atom. The van der Waals surface area contributed by atoms with Gasteiger partial charge in [-0.1, -0.05) is 13.8 Å². The molecule has 4 nitrogen and oxygen atoms in total. The molecule has 1 heterocycles. The first-order valence-electron chi connectivity index (χ1n) is 6.72.